The second-order valence-corrected chi connectivity index (χ2v) is 5.02. The summed E-state index contributed by atoms with van der Waals surface area (Å²) in [4.78, 5) is 14.8. The largest absolute Gasteiger partial charge is 0.492 e. The second-order valence-electron chi connectivity index (χ2n) is 5.02. The average Bonchev–Trinajstić information content (AvgIpc) is 2.54. The third-order valence-electron chi connectivity index (χ3n) is 3.45. The van der Waals surface area contributed by atoms with Crippen LogP contribution in [0.15, 0.2) is 30.6 Å². The first-order valence-electron chi connectivity index (χ1n) is 7.03. The highest BCUT2D eigenvalue weighted by atomic mass is 16.5. The summed E-state index contributed by atoms with van der Waals surface area (Å²) in [5.74, 6) is 2.85. The molecule has 3 rings (SSSR count). The maximum atomic E-state index is 5.70. The van der Waals surface area contributed by atoms with Crippen molar-refractivity contribution in [2.24, 2.45) is 5.92 Å². The summed E-state index contributed by atoms with van der Waals surface area (Å²) in [6.07, 6.45) is 3.44. The molecule has 0 N–H and O–H groups in total. The number of rotatable bonds is 6. The van der Waals surface area contributed by atoms with E-state index in [-0.39, 0.29) is 0 Å². The maximum absolute atomic E-state index is 5.70. The van der Waals surface area contributed by atoms with E-state index in [0.29, 0.717) is 30.2 Å². The molecule has 1 saturated heterocycles. The van der Waals surface area contributed by atoms with Crippen LogP contribution in [0.25, 0.3) is 0 Å². The van der Waals surface area contributed by atoms with Crippen molar-refractivity contribution in [3.8, 4) is 17.5 Å². The first-order chi connectivity index (χ1) is 10.8. The van der Waals surface area contributed by atoms with Crippen LogP contribution in [0.4, 0.5) is 5.95 Å². The van der Waals surface area contributed by atoms with Crippen LogP contribution >= 0.6 is 0 Å². The van der Waals surface area contributed by atoms with Crippen molar-refractivity contribution < 1.29 is 14.2 Å². The van der Waals surface area contributed by atoms with E-state index in [2.05, 4.69) is 19.9 Å². The van der Waals surface area contributed by atoms with E-state index in [1.54, 1.807) is 32.7 Å². The summed E-state index contributed by atoms with van der Waals surface area (Å²) in [6, 6.07) is 5.42. The Labute approximate surface area is 128 Å². The number of nitrogens with zero attached hydrogens (tertiary/aromatic N) is 4. The van der Waals surface area contributed by atoms with E-state index in [1.807, 2.05) is 12.1 Å². The molecule has 0 saturated carbocycles. The van der Waals surface area contributed by atoms with Crippen LogP contribution in [0.1, 0.15) is 0 Å². The Kier molecular flexibility index (Phi) is 4.22. The molecule has 1 aliphatic heterocycles. The monoisotopic (exact) mass is 302 g/mol. The number of aromatic nitrogens is 3. The standard InChI is InChI=1S/C15H18N4O3/c1-20-13-6-14(21-2)18-15(17-13)19-8-11(9-19)10-22-12-4-3-5-16-7-12/h3-7,11H,8-10H2,1-2H3. The normalized spacial score (nSPS) is 14.4. The number of pyridine rings is 1. The van der Waals surface area contributed by atoms with Crippen molar-refractivity contribution in [2.45, 2.75) is 0 Å². The molecule has 0 aliphatic carbocycles. The van der Waals surface area contributed by atoms with Gasteiger partial charge in [0.25, 0.3) is 0 Å². The van der Waals surface area contributed by atoms with Gasteiger partial charge in [0.05, 0.1) is 33.1 Å². The van der Waals surface area contributed by atoms with E-state index < -0.39 is 0 Å². The zero-order valence-corrected chi connectivity index (χ0v) is 12.6. The maximum Gasteiger partial charge on any atom is 0.231 e. The van der Waals surface area contributed by atoms with Gasteiger partial charge in [-0.3, -0.25) is 4.98 Å². The fourth-order valence-corrected chi connectivity index (χ4v) is 2.23. The van der Waals surface area contributed by atoms with Crippen molar-refractivity contribution in [1.82, 2.24) is 15.0 Å². The molecule has 2 aromatic heterocycles. The summed E-state index contributed by atoms with van der Waals surface area (Å²) in [5.41, 5.74) is 0. The Balaban J connectivity index is 1.54. The van der Waals surface area contributed by atoms with Crippen LogP contribution in [-0.2, 0) is 0 Å². The van der Waals surface area contributed by atoms with Crippen molar-refractivity contribution in [3.63, 3.8) is 0 Å². The number of hydrogen-bond donors (Lipinski definition) is 0. The minimum Gasteiger partial charge on any atom is -0.492 e. The predicted molar refractivity (Wildman–Crippen MR) is 80.6 cm³/mol. The summed E-state index contributed by atoms with van der Waals surface area (Å²) in [5, 5.41) is 0. The molecule has 3 heterocycles. The molecule has 2 aromatic rings. The second kappa shape index (κ2) is 6.46. The lowest BCUT2D eigenvalue weighted by molar-refractivity contribution is 0.218. The number of hydrogen-bond acceptors (Lipinski definition) is 7. The molecule has 0 amide bonds. The quantitative estimate of drug-likeness (QED) is 0.799. The van der Waals surface area contributed by atoms with Gasteiger partial charge in [0.1, 0.15) is 5.75 Å². The van der Waals surface area contributed by atoms with Crippen molar-refractivity contribution in [2.75, 3.05) is 38.8 Å². The first kappa shape index (κ1) is 14.4. The lowest BCUT2D eigenvalue weighted by Gasteiger charge is -2.38. The Morgan fingerprint density at radius 3 is 2.50 bits per heavy atom. The highest BCUT2D eigenvalue weighted by molar-refractivity contribution is 5.39. The molecule has 22 heavy (non-hydrogen) atoms. The van der Waals surface area contributed by atoms with Crippen LogP contribution < -0.4 is 19.1 Å². The molecule has 7 nitrogen and oxygen atoms in total. The molecule has 0 atom stereocenters. The summed E-state index contributed by atoms with van der Waals surface area (Å²) < 4.78 is 16.0. The van der Waals surface area contributed by atoms with Gasteiger partial charge in [-0.1, -0.05) is 0 Å². The van der Waals surface area contributed by atoms with Crippen molar-refractivity contribution >= 4 is 5.95 Å². The average molecular weight is 302 g/mol. The molecule has 116 valence electrons. The zero-order chi connectivity index (χ0) is 15.4. The zero-order valence-electron chi connectivity index (χ0n) is 12.6. The molecule has 0 radical (unpaired) electrons. The van der Waals surface area contributed by atoms with Crippen molar-refractivity contribution in [1.29, 1.82) is 0 Å². The van der Waals surface area contributed by atoms with Crippen LogP contribution in [0.2, 0.25) is 0 Å². The van der Waals surface area contributed by atoms with Crippen LogP contribution in [0, 0.1) is 5.92 Å². The first-order valence-corrected chi connectivity index (χ1v) is 7.03. The minimum atomic E-state index is 0.445. The lowest BCUT2D eigenvalue weighted by Crippen LogP contribution is -2.50. The van der Waals surface area contributed by atoms with E-state index in [1.165, 1.54) is 0 Å². The molecule has 0 bridgehead atoms. The summed E-state index contributed by atoms with van der Waals surface area (Å²) in [6.45, 7) is 2.34. The molecule has 0 spiro atoms. The number of methoxy groups -OCH3 is 2. The minimum absolute atomic E-state index is 0.445. The van der Waals surface area contributed by atoms with Crippen LogP contribution in [0.3, 0.4) is 0 Å². The Bertz CT molecular complexity index is 595. The fourth-order valence-electron chi connectivity index (χ4n) is 2.23. The van der Waals surface area contributed by atoms with E-state index in [9.17, 15) is 0 Å². The van der Waals surface area contributed by atoms with Gasteiger partial charge in [-0.15, -0.1) is 0 Å². The highest BCUT2D eigenvalue weighted by Crippen LogP contribution is 2.26. The SMILES string of the molecule is COc1cc(OC)nc(N2CC(COc3cccnc3)C2)n1. The summed E-state index contributed by atoms with van der Waals surface area (Å²) in [7, 11) is 3.15. The molecular formula is C15H18N4O3. The Morgan fingerprint density at radius 1 is 1.18 bits per heavy atom. The number of ether oxygens (including phenoxy) is 3. The predicted octanol–water partition coefficient (Wildman–Crippen LogP) is 1.40. The van der Waals surface area contributed by atoms with E-state index in [4.69, 9.17) is 14.2 Å². The van der Waals surface area contributed by atoms with Gasteiger partial charge in [-0.2, -0.15) is 9.97 Å². The van der Waals surface area contributed by atoms with Gasteiger partial charge in [-0.25, -0.2) is 0 Å². The third kappa shape index (κ3) is 3.19. The molecule has 0 unspecified atom stereocenters. The van der Waals surface area contributed by atoms with Crippen LogP contribution in [0.5, 0.6) is 17.5 Å². The lowest BCUT2D eigenvalue weighted by atomic mass is 10.0. The van der Waals surface area contributed by atoms with Gasteiger partial charge in [0, 0.05) is 25.2 Å². The van der Waals surface area contributed by atoms with Gasteiger partial charge in [-0.05, 0) is 12.1 Å². The van der Waals surface area contributed by atoms with Gasteiger partial charge >= 0.3 is 0 Å². The number of anilines is 1. The topological polar surface area (TPSA) is 69.6 Å². The fraction of sp³-hybridized carbons (Fsp3) is 0.400. The Morgan fingerprint density at radius 2 is 1.91 bits per heavy atom. The summed E-state index contributed by atoms with van der Waals surface area (Å²) >= 11 is 0. The highest BCUT2D eigenvalue weighted by Gasteiger charge is 2.30. The molecule has 7 heteroatoms. The van der Waals surface area contributed by atoms with E-state index >= 15 is 0 Å². The van der Waals surface area contributed by atoms with Gasteiger partial charge in [0.15, 0.2) is 0 Å². The smallest absolute Gasteiger partial charge is 0.231 e. The molecule has 1 fully saturated rings. The van der Waals surface area contributed by atoms with Gasteiger partial charge in [0.2, 0.25) is 17.7 Å². The third-order valence-corrected chi connectivity index (χ3v) is 3.45. The van der Waals surface area contributed by atoms with Gasteiger partial charge < -0.3 is 19.1 Å². The molecule has 0 aromatic carbocycles. The van der Waals surface area contributed by atoms with Crippen molar-refractivity contribution in [3.05, 3.63) is 30.6 Å². The van der Waals surface area contributed by atoms with Crippen LogP contribution in [-0.4, -0.2) is 48.9 Å². The van der Waals surface area contributed by atoms with E-state index in [0.717, 1.165) is 18.8 Å². The molecular weight excluding hydrogens is 284 g/mol. The molecule has 1 aliphatic rings. The Hall–Kier alpha value is -2.57.